The summed E-state index contributed by atoms with van der Waals surface area (Å²) < 4.78 is 0. The Morgan fingerprint density at radius 3 is 2.80 bits per heavy atom. The van der Waals surface area contributed by atoms with Gasteiger partial charge in [0.05, 0.1) is 17.9 Å². The topological polar surface area (TPSA) is 96.9 Å². The number of carbonyl (C=O) groups is 2. The van der Waals surface area contributed by atoms with Gasteiger partial charge in [0, 0.05) is 30.3 Å². The highest BCUT2D eigenvalue weighted by atomic mass is 32.1. The molecule has 0 radical (unpaired) electrons. The molecule has 7 nitrogen and oxygen atoms in total. The van der Waals surface area contributed by atoms with E-state index in [-0.39, 0.29) is 11.8 Å². The van der Waals surface area contributed by atoms with Crippen LogP contribution < -0.4 is 10.6 Å². The molecule has 0 aliphatic heterocycles. The fourth-order valence-corrected chi connectivity index (χ4v) is 2.88. The van der Waals surface area contributed by atoms with E-state index in [9.17, 15) is 9.59 Å². The molecular formula is C17H15N5O2S. The largest absolute Gasteiger partial charge is 0.346 e. The molecule has 8 heteroatoms. The highest BCUT2D eigenvalue weighted by Crippen LogP contribution is 2.21. The van der Waals surface area contributed by atoms with E-state index < -0.39 is 0 Å². The first kappa shape index (κ1) is 16.7. The monoisotopic (exact) mass is 353 g/mol. The molecule has 0 aliphatic carbocycles. The van der Waals surface area contributed by atoms with Crippen LogP contribution in [0.25, 0.3) is 10.7 Å². The number of pyridine rings is 2. The summed E-state index contributed by atoms with van der Waals surface area (Å²) in [4.78, 5) is 36.0. The summed E-state index contributed by atoms with van der Waals surface area (Å²) in [5.74, 6) is -0.165. The minimum atomic E-state index is -0.263. The normalized spacial score (nSPS) is 10.3. The molecule has 25 heavy (non-hydrogen) atoms. The van der Waals surface area contributed by atoms with Crippen molar-refractivity contribution in [3.8, 4) is 10.7 Å². The molecular weight excluding hydrogens is 338 g/mol. The fourth-order valence-electron chi connectivity index (χ4n) is 2.09. The summed E-state index contributed by atoms with van der Waals surface area (Å²) in [6.45, 7) is 1.69. The molecule has 0 spiro atoms. The Hall–Kier alpha value is -3.13. The van der Waals surface area contributed by atoms with Crippen LogP contribution >= 0.6 is 11.3 Å². The maximum Gasteiger partial charge on any atom is 0.251 e. The van der Waals surface area contributed by atoms with Crippen LogP contribution in [0.15, 0.2) is 48.1 Å². The lowest BCUT2D eigenvalue weighted by atomic mass is 10.2. The van der Waals surface area contributed by atoms with E-state index in [1.165, 1.54) is 30.5 Å². The van der Waals surface area contributed by atoms with Gasteiger partial charge < -0.3 is 10.6 Å². The first-order valence-electron chi connectivity index (χ1n) is 7.49. The van der Waals surface area contributed by atoms with Gasteiger partial charge in [-0.1, -0.05) is 6.07 Å². The Labute approximate surface area is 148 Å². The number of hydrogen-bond donors (Lipinski definition) is 2. The molecule has 0 saturated carbocycles. The Balaban J connectivity index is 1.63. The van der Waals surface area contributed by atoms with Gasteiger partial charge in [-0.25, -0.2) is 9.97 Å². The summed E-state index contributed by atoms with van der Waals surface area (Å²) in [7, 11) is 0. The van der Waals surface area contributed by atoms with Gasteiger partial charge in [-0.2, -0.15) is 0 Å². The molecule has 3 rings (SSSR count). The molecule has 0 aromatic carbocycles. The molecule has 3 aromatic heterocycles. The van der Waals surface area contributed by atoms with Crippen molar-refractivity contribution in [2.75, 3.05) is 5.32 Å². The van der Waals surface area contributed by atoms with E-state index >= 15 is 0 Å². The zero-order valence-corrected chi connectivity index (χ0v) is 14.2. The number of rotatable bonds is 5. The second kappa shape index (κ2) is 7.63. The summed E-state index contributed by atoms with van der Waals surface area (Å²) in [5, 5.41) is 8.05. The summed E-state index contributed by atoms with van der Waals surface area (Å²) >= 11 is 1.48. The van der Waals surface area contributed by atoms with Crippen molar-refractivity contribution >= 4 is 29.0 Å². The third-order valence-electron chi connectivity index (χ3n) is 3.19. The lowest BCUT2D eigenvalue weighted by Crippen LogP contribution is -2.23. The van der Waals surface area contributed by atoms with Crippen LogP contribution in [-0.2, 0) is 11.3 Å². The number of nitrogens with one attached hydrogen (secondary N) is 2. The van der Waals surface area contributed by atoms with E-state index in [0.717, 1.165) is 16.4 Å². The highest BCUT2D eigenvalue weighted by molar-refractivity contribution is 7.13. The molecule has 3 heterocycles. The predicted molar refractivity (Wildman–Crippen MR) is 95.1 cm³/mol. The van der Waals surface area contributed by atoms with Gasteiger partial charge in [0.25, 0.3) is 5.91 Å². The van der Waals surface area contributed by atoms with Crippen LogP contribution in [0, 0.1) is 0 Å². The van der Waals surface area contributed by atoms with Gasteiger partial charge in [-0.3, -0.25) is 14.6 Å². The van der Waals surface area contributed by atoms with Crippen LogP contribution in [-0.4, -0.2) is 26.8 Å². The first-order valence-corrected chi connectivity index (χ1v) is 8.37. The molecule has 3 aromatic rings. The fraction of sp³-hybridized carbons (Fsp3) is 0.118. The molecule has 126 valence electrons. The zero-order chi connectivity index (χ0) is 17.6. The molecule has 0 atom stereocenters. The minimum absolute atomic E-state index is 0.241. The van der Waals surface area contributed by atoms with Crippen molar-refractivity contribution < 1.29 is 9.59 Å². The third kappa shape index (κ3) is 4.45. The van der Waals surface area contributed by atoms with Gasteiger partial charge in [-0.05, 0) is 24.3 Å². The molecule has 0 saturated heterocycles. The summed E-state index contributed by atoms with van der Waals surface area (Å²) in [5.41, 5.74) is 1.98. The summed E-state index contributed by atoms with van der Waals surface area (Å²) in [6, 6.07) is 8.75. The molecule has 0 fully saturated rings. The number of hydrogen-bond acceptors (Lipinski definition) is 6. The first-order chi connectivity index (χ1) is 12.1. The van der Waals surface area contributed by atoms with Crippen LogP contribution in [0.4, 0.5) is 5.82 Å². The van der Waals surface area contributed by atoms with Crippen LogP contribution in [0.1, 0.15) is 23.0 Å². The minimum Gasteiger partial charge on any atom is -0.346 e. The number of thiazole rings is 1. The zero-order valence-electron chi connectivity index (χ0n) is 13.4. The number of amides is 2. The smallest absolute Gasteiger partial charge is 0.251 e. The average molecular weight is 353 g/mol. The molecule has 0 unspecified atom stereocenters. The van der Waals surface area contributed by atoms with Gasteiger partial charge in [-0.15, -0.1) is 11.3 Å². The van der Waals surface area contributed by atoms with Crippen LogP contribution in [0.2, 0.25) is 0 Å². The maximum atomic E-state index is 12.2. The molecule has 0 aliphatic rings. The van der Waals surface area contributed by atoms with Gasteiger partial charge in [0.1, 0.15) is 10.8 Å². The molecule has 0 bridgehead atoms. The summed E-state index contributed by atoms with van der Waals surface area (Å²) in [6.07, 6.45) is 3.19. The number of carbonyl (C=O) groups excluding carboxylic acids is 2. The van der Waals surface area contributed by atoms with Crippen molar-refractivity contribution in [3.63, 3.8) is 0 Å². The lowest BCUT2D eigenvalue weighted by Gasteiger charge is -2.05. The predicted octanol–water partition coefficient (Wildman–Crippen LogP) is 2.49. The average Bonchev–Trinajstić information content (AvgIpc) is 3.09. The Morgan fingerprint density at radius 1 is 1.16 bits per heavy atom. The van der Waals surface area contributed by atoms with Crippen LogP contribution in [0.5, 0.6) is 0 Å². The molecule has 2 N–H and O–H groups in total. The van der Waals surface area contributed by atoms with E-state index in [4.69, 9.17) is 0 Å². The van der Waals surface area contributed by atoms with Crippen LogP contribution in [0.3, 0.4) is 0 Å². The quantitative estimate of drug-likeness (QED) is 0.734. The standard InChI is InChI=1S/C17H15N5O2S/c1-11(23)21-15-8-12(5-7-19-15)16(24)20-9-13-10-25-17(22-13)14-4-2-3-6-18-14/h2-8,10H,9H2,1H3,(H,20,24)(H,19,21,23). The van der Waals surface area contributed by atoms with Crippen molar-refractivity contribution in [2.45, 2.75) is 13.5 Å². The third-order valence-corrected chi connectivity index (χ3v) is 4.11. The van der Waals surface area contributed by atoms with Gasteiger partial charge in [0.15, 0.2) is 0 Å². The van der Waals surface area contributed by atoms with Crippen molar-refractivity contribution in [2.24, 2.45) is 0 Å². The van der Waals surface area contributed by atoms with E-state index in [1.54, 1.807) is 12.3 Å². The number of aromatic nitrogens is 3. The number of nitrogens with zero attached hydrogens (tertiary/aromatic N) is 3. The van der Waals surface area contributed by atoms with Crippen molar-refractivity contribution in [3.05, 3.63) is 59.4 Å². The second-order valence-corrected chi connectivity index (χ2v) is 6.01. The Kier molecular flexibility index (Phi) is 5.10. The van der Waals surface area contributed by atoms with Gasteiger partial charge in [0.2, 0.25) is 5.91 Å². The van der Waals surface area contributed by atoms with E-state index in [0.29, 0.717) is 17.9 Å². The Morgan fingerprint density at radius 2 is 2.04 bits per heavy atom. The number of anilines is 1. The van der Waals surface area contributed by atoms with E-state index in [2.05, 4.69) is 25.6 Å². The molecule has 2 amide bonds. The second-order valence-electron chi connectivity index (χ2n) is 5.15. The van der Waals surface area contributed by atoms with E-state index in [1.807, 2.05) is 23.6 Å². The highest BCUT2D eigenvalue weighted by Gasteiger charge is 2.10. The maximum absolute atomic E-state index is 12.2. The van der Waals surface area contributed by atoms with Gasteiger partial charge >= 0.3 is 0 Å². The lowest BCUT2D eigenvalue weighted by molar-refractivity contribution is -0.114. The SMILES string of the molecule is CC(=O)Nc1cc(C(=O)NCc2csc(-c3ccccn3)n2)ccn1. The van der Waals surface area contributed by atoms with Crippen molar-refractivity contribution in [1.29, 1.82) is 0 Å². The Bertz CT molecular complexity index is 895. The van der Waals surface area contributed by atoms with Crippen molar-refractivity contribution in [1.82, 2.24) is 20.3 Å².